The summed E-state index contributed by atoms with van der Waals surface area (Å²) >= 11 is 0. The molecule has 2 heterocycles. The zero-order valence-electron chi connectivity index (χ0n) is 17.5. The van der Waals surface area contributed by atoms with Crippen LogP contribution in [0.3, 0.4) is 0 Å². The van der Waals surface area contributed by atoms with Gasteiger partial charge in [0.05, 0.1) is 17.4 Å². The molecule has 2 N–H and O–H groups in total. The lowest BCUT2D eigenvalue weighted by molar-refractivity contribution is -0.118. The molecule has 2 aliphatic rings. The van der Waals surface area contributed by atoms with E-state index in [1.807, 2.05) is 30.3 Å². The number of pyridine rings is 2. The number of nitrogens with zero attached hydrogens (tertiary/aromatic N) is 2. The molecule has 0 bridgehead atoms. The zero-order chi connectivity index (χ0) is 20.7. The molecule has 30 heavy (non-hydrogen) atoms. The Morgan fingerprint density at radius 2 is 1.77 bits per heavy atom. The smallest absolute Gasteiger partial charge is 0.226 e. The van der Waals surface area contributed by atoms with Crippen molar-refractivity contribution in [2.24, 2.45) is 0 Å². The van der Waals surface area contributed by atoms with Crippen LogP contribution in [-0.4, -0.2) is 27.0 Å². The minimum Gasteiger partial charge on any atom is -0.325 e. The summed E-state index contributed by atoms with van der Waals surface area (Å²) < 4.78 is 0. The van der Waals surface area contributed by atoms with Crippen molar-refractivity contribution in [2.75, 3.05) is 5.32 Å². The fourth-order valence-corrected chi connectivity index (χ4v) is 4.91. The Morgan fingerprint density at radius 3 is 2.47 bits per heavy atom. The number of rotatable bonds is 5. The fourth-order valence-electron chi connectivity index (χ4n) is 4.91. The van der Waals surface area contributed by atoms with Crippen LogP contribution >= 0.6 is 0 Å². The third kappa shape index (κ3) is 5.25. The first-order valence-corrected chi connectivity index (χ1v) is 11.1. The highest BCUT2D eigenvalue weighted by molar-refractivity contribution is 5.91. The summed E-state index contributed by atoms with van der Waals surface area (Å²) in [6.07, 6.45) is 15.6. The van der Waals surface area contributed by atoms with Gasteiger partial charge in [-0.1, -0.05) is 44.1 Å². The van der Waals surface area contributed by atoms with Gasteiger partial charge in [0.2, 0.25) is 5.91 Å². The van der Waals surface area contributed by atoms with Gasteiger partial charge in [0, 0.05) is 24.4 Å². The van der Waals surface area contributed by atoms with Crippen molar-refractivity contribution in [1.82, 2.24) is 15.3 Å². The molecule has 0 unspecified atom stereocenters. The highest BCUT2D eigenvalue weighted by atomic mass is 16.1. The maximum absolute atomic E-state index is 12.9. The first-order chi connectivity index (χ1) is 14.7. The van der Waals surface area contributed by atoms with Gasteiger partial charge in [0.25, 0.3) is 0 Å². The van der Waals surface area contributed by atoms with Crippen LogP contribution in [-0.2, 0) is 4.79 Å². The molecule has 0 spiro atoms. The number of hydrogen-bond acceptors (Lipinski definition) is 4. The monoisotopic (exact) mass is 402 g/mol. The van der Waals surface area contributed by atoms with Crippen LogP contribution in [0, 0.1) is 11.8 Å². The van der Waals surface area contributed by atoms with Gasteiger partial charge in [0.1, 0.15) is 5.69 Å². The number of amides is 1. The summed E-state index contributed by atoms with van der Waals surface area (Å²) in [6, 6.07) is 9.55. The average molecular weight is 403 g/mol. The van der Waals surface area contributed by atoms with Gasteiger partial charge in [-0.05, 0) is 55.9 Å². The maximum Gasteiger partial charge on any atom is 0.226 e. The van der Waals surface area contributed by atoms with E-state index in [0.29, 0.717) is 6.42 Å². The standard InChI is InChI=1S/C25H30N4O/c30-23(28-22-10-8-17-26-20-22)19-25(14-3-1-4-15-25)29-24(12-5-6-13-24)16-11-21-9-2-7-18-27-21/h2,7-10,17-18,20,29H,1,3-6,12-15,19H2,(H,28,30). The Balaban J connectivity index is 1.53. The van der Waals surface area contributed by atoms with Crippen LogP contribution in [0.5, 0.6) is 0 Å². The SMILES string of the molecule is O=C(CC1(NC2(C#Cc3ccccn3)CCCC2)CCCCC1)Nc1cccnc1. The minimum atomic E-state index is -0.233. The Bertz CT molecular complexity index is 889. The summed E-state index contributed by atoms with van der Waals surface area (Å²) in [4.78, 5) is 21.4. The van der Waals surface area contributed by atoms with Crippen LogP contribution in [0.15, 0.2) is 48.9 Å². The van der Waals surface area contributed by atoms with E-state index in [4.69, 9.17) is 0 Å². The lowest BCUT2D eigenvalue weighted by atomic mass is 9.76. The molecule has 0 saturated heterocycles. The Kier molecular flexibility index (Phi) is 6.44. The van der Waals surface area contributed by atoms with Crippen molar-refractivity contribution in [2.45, 2.75) is 75.3 Å². The second-order valence-corrected chi connectivity index (χ2v) is 8.69. The highest BCUT2D eigenvalue weighted by Crippen LogP contribution is 2.38. The molecule has 2 aromatic heterocycles. The molecule has 4 rings (SSSR count). The highest BCUT2D eigenvalue weighted by Gasteiger charge is 2.43. The molecule has 5 heteroatoms. The van der Waals surface area contributed by atoms with Gasteiger partial charge >= 0.3 is 0 Å². The van der Waals surface area contributed by atoms with E-state index in [-0.39, 0.29) is 17.0 Å². The van der Waals surface area contributed by atoms with Crippen LogP contribution in [0.1, 0.15) is 69.9 Å². The molecule has 156 valence electrons. The molecule has 0 aliphatic heterocycles. The van der Waals surface area contributed by atoms with Gasteiger partial charge in [0.15, 0.2) is 0 Å². The predicted octanol–water partition coefficient (Wildman–Crippen LogP) is 4.46. The van der Waals surface area contributed by atoms with Gasteiger partial charge in [-0.2, -0.15) is 0 Å². The van der Waals surface area contributed by atoms with Crippen molar-refractivity contribution in [3.8, 4) is 11.8 Å². The summed E-state index contributed by atoms with van der Waals surface area (Å²) in [7, 11) is 0. The summed E-state index contributed by atoms with van der Waals surface area (Å²) in [5.74, 6) is 6.88. The zero-order valence-corrected chi connectivity index (χ0v) is 17.5. The lowest BCUT2D eigenvalue weighted by Crippen LogP contribution is -2.58. The Labute approximate surface area is 179 Å². The van der Waals surface area contributed by atoms with Crippen LogP contribution < -0.4 is 10.6 Å². The second-order valence-electron chi connectivity index (χ2n) is 8.69. The summed E-state index contributed by atoms with van der Waals surface area (Å²) in [5.41, 5.74) is 1.12. The van der Waals surface area contributed by atoms with E-state index in [2.05, 4.69) is 32.4 Å². The molecular formula is C25H30N4O. The number of aromatic nitrogens is 2. The van der Waals surface area contributed by atoms with Crippen LogP contribution in [0.25, 0.3) is 0 Å². The molecule has 2 saturated carbocycles. The Hall–Kier alpha value is -2.71. The van der Waals surface area contributed by atoms with Crippen LogP contribution in [0.2, 0.25) is 0 Å². The van der Waals surface area contributed by atoms with Crippen LogP contribution in [0.4, 0.5) is 5.69 Å². The van der Waals surface area contributed by atoms with E-state index in [1.54, 1.807) is 18.6 Å². The molecule has 0 radical (unpaired) electrons. The number of anilines is 1. The number of hydrogen-bond donors (Lipinski definition) is 2. The third-order valence-electron chi connectivity index (χ3n) is 6.31. The summed E-state index contributed by atoms with van der Waals surface area (Å²) in [6.45, 7) is 0. The quantitative estimate of drug-likeness (QED) is 0.725. The number of carbonyl (C=O) groups excluding carboxylic acids is 1. The molecular weight excluding hydrogens is 372 g/mol. The lowest BCUT2D eigenvalue weighted by Gasteiger charge is -2.43. The molecule has 2 fully saturated rings. The maximum atomic E-state index is 12.9. The van der Waals surface area contributed by atoms with Crippen molar-refractivity contribution >= 4 is 11.6 Å². The second kappa shape index (κ2) is 9.40. The van der Waals surface area contributed by atoms with E-state index in [1.165, 1.54) is 19.3 Å². The number of carbonyl (C=O) groups is 1. The topological polar surface area (TPSA) is 66.9 Å². The third-order valence-corrected chi connectivity index (χ3v) is 6.31. The van der Waals surface area contributed by atoms with E-state index < -0.39 is 0 Å². The largest absolute Gasteiger partial charge is 0.325 e. The predicted molar refractivity (Wildman–Crippen MR) is 119 cm³/mol. The van der Waals surface area contributed by atoms with Crippen molar-refractivity contribution in [3.05, 3.63) is 54.6 Å². The van der Waals surface area contributed by atoms with Crippen molar-refractivity contribution in [3.63, 3.8) is 0 Å². The van der Waals surface area contributed by atoms with Gasteiger partial charge in [-0.15, -0.1) is 0 Å². The molecule has 2 aliphatic carbocycles. The number of nitrogens with one attached hydrogen (secondary N) is 2. The van der Waals surface area contributed by atoms with Gasteiger partial charge in [-0.3, -0.25) is 15.1 Å². The fraction of sp³-hybridized carbons (Fsp3) is 0.480. The van der Waals surface area contributed by atoms with E-state index in [0.717, 1.165) is 49.9 Å². The average Bonchev–Trinajstić information content (AvgIpc) is 3.22. The molecule has 1 amide bonds. The summed E-state index contributed by atoms with van der Waals surface area (Å²) in [5, 5.41) is 6.98. The first-order valence-electron chi connectivity index (χ1n) is 11.1. The molecule has 5 nitrogen and oxygen atoms in total. The molecule has 0 atom stereocenters. The van der Waals surface area contributed by atoms with E-state index >= 15 is 0 Å². The first kappa shape index (κ1) is 20.6. The molecule has 0 aromatic carbocycles. The van der Waals surface area contributed by atoms with Crippen molar-refractivity contribution < 1.29 is 4.79 Å². The normalized spacial score (nSPS) is 19.5. The van der Waals surface area contributed by atoms with Crippen molar-refractivity contribution in [1.29, 1.82) is 0 Å². The minimum absolute atomic E-state index is 0.0447. The van der Waals surface area contributed by atoms with Gasteiger partial charge < -0.3 is 5.32 Å². The van der Waals surface area contributed by atoms with E-state index in [9.17, 15) is 4.79 Å². The molecule has 2 aromatic rings. The van der Waals surface area contributed by atoms with Gasteiger partial charge in [-0.25, -0.2) is 4.98 Å². The Morgan fingerprint density at radius 1 is 0.967 bits per heavy atom.